The number of hydrogen-bond donors (Lipinski definition) is 2. The maximum Gasteiger partial charge on any atom is 0.240 e. The lowest BCUT2D eigenvalue weighted by molar-refractivity contribution is -0.116. The predicted octanol–water partition coefficient (Wildman–Crippen LogP) is 2.51. The molecule has 0 fully saturated rings. The summed E-state index contributed by atoms with van der Waals surface area (Å²) in [7, 11) is -3.61. The Balaban J connectivity index is 1.87. The molecule has 24 heavy (non-hydrogen) atoms. The second kappa shape index (κ2) is 8.03. The summed E-state index contributed by atoms with van der Waals surface area (Å²) in [4.78, 5) is 15.9. The number of aromatic nitrogens is 1. The molecule has 0 aliphatic carbocycles. The van der Waals surface area contributed by atoms with Gasteiger partial charge in [-0.2, -0.15) is 0 Å². The van der Waals surface area contributed by atoms with Gasteiger partial charge in [0.05, 0.1) is 16.8 Å². The highest BCUT2D eigenvalue weighted by Gasteiger charge is 2.14. The first-order valence-corrected chi connectivity index (χ1v) is 9.16. The van der Waals surface area contributed by atoms with Gasteiger partial charge in [-0.15, -0.1) is 0 Å². The molecule has 1 heterocycles. The average Bonchev–Trinajstić information content (AvgIpc) is 2.55. The fourth-order valence-electron chi connectivity index (χ4n) is 2.07. The lowest BCUT2D eigenvalue weighted by atomic mass is 10.0. The van der Waals surface area contributed by atoms with Crippen LogP contribution in [0, 0.1) is 0 Å². The Hall–Kier alpha value is -2.25. The van der Waals surface area contributed by atoms with Crippen LogP contribution in [0.5, 0.6) is 0 Å². The first kappa shape index (κ1) is 18.1. The number of anilines is 1. The van der Waals surface area contributed by atoms with Gasteiger partial charge in [0.15, 0.2) is 0 Å². The minimum Gasteiger partial charge on any atom is -0.325 e. The number of sulfonamides is 1. The van der Waals surface area contributed by atoms with Crippen LogP contribution in [-0.2, 0) is 14.8 Å². The Morgan fingerprint density at radius 2 is 1.88 bits per heavy atom. The van der Waals surface area contributed by atoms with Crippen LogP contribution in [0.25, 0.3) is 0 Å². The van der Waals surface area contributed by atoms with E-state index in [-0.39, 0.29) is 23.8 Å². The Labute approximate surface area is 142 Å². The van der Waals surface area contributed by atoms with Crippen molar-refractivity contribution in [3.63, 3.8) is 0 Å². The molecule has 2 N–H and O–H groups in total. The Kier molecular flexibility index (Phi) is 6.05. The van der Waals surface area contributed by atoms with Gasteiger partial charge >= 0.3 is 0 Å². The molecule has 128 valence electrons. The van der Waals surface area contributed by atoms with Crippen LogP contribution in [0.2, 0.25) is 0 Å². The van der Waals surface area contributed by atoms with Crippen molar-refractivity contribution in [2.24, 2.45) is 0 Å². The summed E-state index contributed by atoms with van der Waals surface area (Å²) >= 11 is 0. The van der Waals surface area contributed by atoms with Gasteiger partial charge in [-0.1, -0.05) is 26.0 Å². The zero-order valence-electron chi connectivity index (χ0n) is 13.7. The molecule has 2 rings (SSSR count). The highest BCUT2D eigenvalue weighted by molar-refractivity contribution is 7.89. The predicted molar refractivity (Wildman–Crippen MR) is 93.2 cm³/mol. The Bertz CT molecular complexity index is 772. The van der Waals surface area contributed by atoms with Crippen molar-refractivity contribution in [1.82, 2.24) is 9.71 Å². The fourth-order valence-corrected chi connectivity index (χ4v) is 3.11. The lowest BCUT2D eigenvalue weighted by Gasteiger charge is -2.09. The summed E-state index contributed by atoms with van der Waals surface area (Å²) in [5.41, 5.74) is 1.65. The number of hydrogen-bond acceptors (Lipinski definition) is 4. The van der Waals surface area contributed by atoms with Crippen molar-refractivity contribution in [3.05, 3.63) is 54.4 Å². The molecule has 0 radical (unpaired) electrons. The van der Waals surface area contributed by atoms with E-state index in [4.69, 9.17) is 0 Å². The molecule has 1 aromatic carbocycles. The molecule has 0 saturated carbocycles. The van der Waals surface area contributed by atoms with Crippen molar-refractivity contribution < 1.29 is 13.2 Å². The molecule has 0 spiro atoms. The van der Waals surface area contributed by atoms with Gasteiger partial charge in [0, 0.05) is 19.2 Å². The number of rotatable bonds is 7. The maximum absolute atomic E-state index is 12.2. The van der Waals surface area contributed by atoms with Crippen molar-refractivity contribution in [1.29, 1.82) is 0 Å². The molecule has 7 heteroatoms. The van der Waals surface area contributed by atoms with E-state index in [1.54, 1.807) is 42.6 Å². The quantitative estimate of drug-likeness (QED) is 0.805. The molecular weight excluding hydrogens is 326 g/mol. The van der Waals surface area contributed by atoms with E-state index in [2.05, 4.69) is 15.0 Å². The largest absolute Gasteiger partial charge is 0.325 e. The standard InChI is InChI=1S/C17H21N3O3S/c1-13(2)14-5-7-16(8-6-14)24(22,23)19-11-9-17(21)20-15-4-3-10-18-12-15/h3-8,10,12-13,19H,9,11H2,1-2H3,(H,20,21). The number of benzene rings is 1. The number of carbonyl (C=O) groups is 1. The van der Waals surface area contributed by atoms with Crippen LogP contribution in [0.1, 0.15) is 31.7 Å². The van der Waals surface area contributed by atoms with Gasteiger partial charge in [0.25, 0.3) is 0 Å². The molecule has 0 unspecified atom stereocenters. The molecule has 0 aliphatic rings. The van der Waals surface area contributed by atoms with Gasteiger partial charge in [-0.05, 0) is 35.7 Å². The maximum atomic E-state index is 12.2. The van der Waals surface area contributed by atoms with Crippen molar-refractivity contribution >= 4 is 21.6 Å². The van der Waals surface area contributed by atoms with Crippen LogP contribution >= 0.6 is 0 Å². The van der Waals surface area contributed by atoms with E-state index in [1.165, 1.54) is 6.20 Å². The van der Waals surface area contributed by atoms with E-state index in [0.29, 0.717) is 11.6 Å². The minimum atomic E-state index is -3.61. The van der Waals surface area contributed by atoms with E-state index in [9.17, 15) is 13.2 Å². The summed E-state index contributed by atoms with van der Waals surface area (Å²) in [6, 6.07) is 10.2. The monoisotopic (exact) mass is 347 g/mol. The van der Waals surface area contributed by atoms with Crippen molar-refractivity contribution in [3.8, 4) is 0 Å². The summed E-state index contributed by atoms with van der Waals surface area (Å²) < 4.78 is 26.8. The fraction of sp³-hybridized carbons (Fsp3) is 0.294. The number of nitrogens with one attached hydrogen (secondary N) is 2. The van der Waals surface area contributed by atoms with Crippen LogP contribution in [-0.4, -0.2) is 25.9 Å². The van der Waals surface area contributed by atoms with Crippen LogP contribution < -0.4 is 10.0 Å². The first-order chi connectivity index (χ1) is 11.4. The number of amides is 1. The molecule has 1 amide bonds. The molecule has 0 saturated heterocycles. The molecule has 6 nitrogen and oxygen atoms in total. The first-order valence-electron chi connectivity index (χ1n) is 7.68. The Morgan fingerprint density at radius 3 is 2.46 bits per heavy atom. The van der Waals surface area contributed by atoms with Crippen molar-refractivity contribution in [2.45, 2.75) is 31.1 Å². The van der Waals surface area contributed by atoms with Gasteiger partial charge in [-0.25, -0.2) is 13.1 Å². The van der Waals surface area contributed by atoms with Gasteiger partial charge in [0.1, 0.15) is 0 Å². The Morgan fingerprint density at radius 1 is 1.17 bits per heavy atom. The second-order valence-corrected chi connectivity index (χ2v) is 7.43. The average molecular weight is 347 g/mol. The molecule has 2 aromatic rings. The second-order valence-electron chi connectivity index (χ2n) is 5.66. The molecule has 0 atom stereocenters. The zero-order valence-corrected chi connectivity index (χ0v) is 14.5. The summed E-state index contributed by atoms with van der Waals surface area (Å²) in [5, 5.41) is 2.65. The molecule has 0 bridgehead atoms. The third-order valence-corrected chi connectivity index (χ3v) is 4.92. The zero-order chi connectivity index (χ0) is 17.6. The topological polar surface area (TPSA) is 88.2 Å². The summed E-state index contributed by atoms with van der Waals surface area (Å²) in [6.45, 7) is 4.12. The smallest absolute Gasteiger partial charge is 0.240 e. The van der Waals surface area contributed by atoms with E-state index in [0.717, 1.165) is 5.56 Å². The lowest BCUT2D eigenvalue weighted by Crippen LogP contribution is -2.27. The van der Waals surface area contributed by atoms with Crippen LogP contribution in [0.3, 0.4) is 0 Å². The van der Waals surface area contributed by atoms with Gasteiger partial charge in [-0.3, -0.25) is 9.78 Å². The van der Waals surface area contributed by atoms with Gasteiger partial charge in [0.2, 0.25) is 15.9 Å². The third-order valence-electron chi connectivity index (χ3n) is 3.45. The van der Waals surface area contributed by atoms with E-state index < -0.39 is 10.0 Å². The molecule has 1 aromatic heterocycles. The van der Waals surface area contributed by atoms with Crippen molar-refractivity contribution in [2.75, 3.05) is 11.9 Å². The van der Waals surface area contributed by atoms with E-state index in [1.807, 2.05) is 13.8 Å². The summed E-state index contributed by atoms with van der Waals surface area (Å²) in [5.74, 6) is 0.0618. The van der Waals surface area contributed by atoms with Gasteiger partial charge < -0.3 is 5.32 Å². The number of pyridine rings is 1. The molecular formula is C17H21N3O3S. The minimum absolute atomic E-state index is 0.0281. The highest BCUT2D eigenvalue weighted by atomic mass is 32.2. The van der Waals surface area contributed by atoms with Crippen LogP contribution in [0.4, 0.5) is 5.69 Å². The van der Waals surface area contributed by atoms with Crippen LogP contribution in [0.15, 0.2) is 53.7 Å². The number of nitrogens with zero attached hydrogens (tertiary/aromatic N) is 1. The highest BCUT2D eigenvalue weighted by Crippen LogP contribution is 2.17. The number of carbonyl (C=O) groups excluding carboxylic acids is 1. The molecule has 0 aliphatic heterocycles. The normalized spacial score (nSPS) is 11.5. The van der Waals surface area contributed by atoms with E-state index >= 15 is 0 Å². The summed E-state index contributed by atoms with van der Waals surface area (Å²) in [6.07, 6.45) is 3.17. The SMILES string of the molecule is CC(C)c1ccc(S(=O)(=O)NCCC(=O)Nc2cccnc2)cc1. The third kappa shape index (κ3) is 5.14.